The molecule has 0 atom stereocenters. The number of anilines is 2. The van der Waals surface area contributed by atoms with Crippen LogP contribution in [-0.4, -0.2) is 49.1 Å². The molecule has 6 nitrogen and oxygen atoms in total. The molecule has 2 aromatic carbocycles. The zero-order chi connectivity index (χ0) is 24.7. The van der Waals surface area contributed by atoms with Crippen LogP contribution in [0.5, 0.6) is 0 Å². The number of benzene rings is 2. The van der Waals surface area contributed by atoms with Gasteiger partial charge in [0, 0.05) is 43.6 Å². The number of urea groups is 1. The Morgan fingerprint density at radius 1 is 0.806 bits per heavy atom. The summed E-state index contributed by atoms with van der Waals surface area (Å²) >= 11 is 0. The van der Waals surface area contributed by atoms with Gasteiger partial charge in [-0.1, -0.05) is 49.6 Å². The molecule has 0 unspecified atom stereocenters. The van der Waals surface area contributed by atoms with Gasteiger partial charge in [0.1, 0.15) is 0 Å². The summed E-state index contributed by atoms with van der Waals surface area (Å²) in [5.41, 5.74) is 3.81. The molecule has 2 aliphatic heterocycles. The fraction of sp³-hybridized carbons (Fsp3) is 0.533. The van der Waals surface area contributed by atoms with Crippen LogP contribution in [0.2, 0.25) is 0 Å². The van der Waals surface area contributed by atoms with Crippen molar-refractivity contribution < 1.29 is 9.59 Å². The topological polar surface area (TPSA) is 64.7 Å². The van der Waals surface area contributed by atoms with Crippen molar-refractivity contribution in [2.45, 2.75) is 70.3 Å². The van der Waals surface area contributed by atoms with Crippen LogP contribution in [0.1, 0.15) is 73.7 Å². The summed E-state index contributed by atoms with van der Waals surface area (Å²) in [6.45, 7) is 3.54. The minimum Gasteiger partial charge on any atom is -0.371 e. The van der Waals surface area contributed by atoms with Gasteiger partial charge in [-0.15, -0.1) is 0 Å². The van der Waals surface area contributed by atoms with Gasteiger partial charge in [-0.25, -0.2) is 4.79 Å². The summed E-state index contributed by atoms with van der Waals surface area (Å²) in [5.74, 6) is 0.760. The lowest BCUT2D eigenvalue weighted by Gasteiger charge is -2.35. The van der Waals surface area contributed by atoms with Crippen LogP contribution in [0.3, 0.4) is 0 Å². The smallest absolute Gasteiger partial charge is 0.319 e. The Bertz CT molecular complexity index is 1020. The molecule has 2 aromatic rings. The fourth-order valence-corrected chi connectivity index (χ4v) is 6.08. The minimum atomic E-state index is -0.170. The molecule has 1 aliphatic carbocycles. The molecule has 3 aliphatic rings. The predicted molar refractivity (Wildman–Crippen MR) is 146 cm³/mol. The van der Waals surface area contributed by atoms with E-state index in [1.165, 1.54) is 24.8 Å². The van der Waals surface area contributed by atoms with E-state index < -0.39 is 0 Å². The van der Waals surface area contributed by atoms with Gasteiger partial charge in [-0.3, -0.25) is 4.79 Å². The van der Waals surface area contributed by atoms with Crippen molar-refractivity contribution in [2.24, 2.45) is 5.92 Å². The van der Waals surface area contributed by atoms with E-state index in [9.17, 15) is 9.59 Å². The van der Waals surface area contributed by atoms with Gasteiger partial charge in [0.15, 0.2) is 0 Å². The molecule has 0 radical (unpaired) electrons. The van der Waals surface area contributed by atoms with Crippen molar-refractivity contribution in [2.75, 3.05) is 36.4 Å². The van der Waals surface area contributed by atoms with Crippen molar-refractivity contribution >= 4 is 23.3 Å². The second kappa shape index (κ2) is 11.8. The molecular formula is C30H40N4O2. The first-order chi connectivity index (χ1) is 17.7. The van der Waals surface area contributed by atoms with Crippen LogP contribution >= 0.6 is 0 Å². The van der Waals surface area contributed by atoms with E-state index in [-0.39, 0.29) is 18.0 Å². The molecule has 1 saturated carbocycles. The highest BCUT2D eigenvalue weighted by Crippen LogP contribution is 2.31. The van der Waals surface area contributed by atoms with Gasteiger partial charge in [-0.05, 0) is 74.6 Å². The van der Waals surface area contributed by atoms with Gasteiger partial charge < -0.3 is 20.4 Å². The molecule has 0 bridgehead atoms. The van der Waals surface area contributed by atoms with Crippen molar-refractivity contribution in [3.8, 4) is 0 Å². The number of likely N-dealkylation sites (tertiary alicyclic amines) is 1. The van der Waals surface area contributed by atoms with E-state index in [1.54, 1.807) is 0 Å². The number of carbonyl (C=O) groups is 2. The van der Waals surface area contributed by atoms with E-state index in [0.717, 1.165) is 76.8 Å². The van der Waals surface area contributed by atoms with E-state index in [4.69, 9.17) is 0 Å². The maximum absolute atomic E-state index is 13.5. The third-order valence-corrected chi connectivity index (χ3v) is 8.14. The van der Waals surface area contributed by atoms with Gasteiger partial charge in [0.2, 0.25) is 0 Å². The van der Waals surface area contributed by atoms with Crippen LogP contribution in [0.15, 0.2) is 48.5 Å². The molecule has 2 N–H and O–H groups in total. The quantitative estimate of drug-likeness (QED) is 0.537. The number of nitrogens with zero attached hydrogens (tertiary/aromatic N) is 2. The predicted octanol–water partition coefficient (Wildman–Crippen LogP) is 5.84. The van der Waals surface area contributed by atoms with E-state index in [1.807, 2.05) is 23.1 Å². The van der Waals surface area contributed by atoms with Crippen molar-refractivity contribution in [1.29, 1.82) is 0 Å². The van der Waals surface area contributed by atoms with Crippen molar-refractivity contribution in [3.05, 3.63) is 59.7 Å². The first kappa shape index (κ1) is 24.7. The Kier molecular flexibility index (Phi) is 8.09. The molecule has 3 amide bonds. The monoisotopic (exact) mass is 488 g/mol. The highest BCUT2D eigenvalue weighted by Gasteiger charge is 2.27. The van der Waals surface area contributed by atoms with Crippen LogP contribution in [-0.2, 0) is 6.42 Å². The van der Waals surface area contributed by atoms with Crippen LogP contribution < -0.4 is 15.5 Å². The number of amides is 3. The summed E-state index contributed by atoms with van der Waals surface area (Å²) in [6.07, 6.45) is 11.2. The molecular weight excluding hydrogens is 448 g/mol. The van der Waals surface area contributed by atoms with Gasteiger partial charge >= 0.3 is 6.03 Å². The summed E-state index contributed by atoms with van der Waals surface area (Å²) < 4.78 is 0. The number of hydrogen-bond acceptors (Lipinski definition) is 3. The van der Waals surface area contributed by atoms with Crippen molar-refractivity contribution in [3.63, 3.8) is 0 Å². The average molecular weight is 489 g/mol. The third kappa shape index (κ3) is 6.21. The molecule has 0 aromatic heterocycles. The Morgan fingerprint density at radius 2 is 1.53 bits per heavy atom. The van der Waals surface area contributed by atoms with E-state index >= 15 is 0 Å². The van der Waals surface area contributed by atoms with Gasteiger partial charge in [0.05, 0.1) is 5.56 Å². The lowest BCUT2D eigenvalue weighted by Crippen LogP contribution is -2.39. The van der Waals surface area contributed by atoms with Crippen LogP contribution in [0.25, 0.3) is 0 Å². The Morgan fingerprint density at radius 3 is 2.25 bits per heavy atom. The molecule has 3 fully saturated rings. The SMILES string of the molecule is O=C(Nc1ccc(N2CCC(Cc3ccccc3)CC2)c(C(=O)N2CCCC2)c1)NC1CCCCC1. The minimum absolute atomic E-state index is 0.0882. The van der Waals surface area contributed by atoms with E-state index in [2.05, 4.69) is 45.9 Å². The Labute approximate surface area is 215 Å². The summed E-state index contributed by atoms with van der Waals surface area (Å²) in [6, 6.07) is 16.7. The van der Waals surface area contributed by atoms with Crippen LogP contribution in [0, 0.1) is 5.92 Å². The Balaban J connectivity index is 1.27. The number of hydrogen-bond donors (Lipinski definition) is 2. The maximum Gasteiger partial charge on any atom is 0.319 e. The lowest BCUT2D eigenvalue weighted by atomic mass is 9.89. The molecule has 6 heteroatoms. The van der Waals surface area contributed by atoms with E-state index in [0.29, 0.717) is 17.2 Å². The summed E-state index contributed by atoms with van der Waals surface area (Å²) in [4.78, 5) is 30.5. The highest BCUT2D eigenvalue weighted by molar-refractivity contribution is 6.02. The second-order valence-electron chi connectivity index (χ2n) is 10.8. The average Bonchev–Trinajstić information content (AvgIpc) is 3.45. The summed E-state index contributed by atoms with van der Waals surface area (Å²) in [7, 11) is 0. The molecule has 192 valence electrons. The number of carbonyl (C=O) groups excluding carboxylic acids is 2. The first-order valence-electron chi connectivity index (χ1n) is 14.0. The molecule has 0 spiro atoms. The highest BCUT2D eigenvalue weighted by atomic mass is 16.2. The zero-order valence-electron chi connectivity index (χ0n) is 21.4. The molecule has 36 heavy (non-hydrogen) atoms. The van der Waals surface area contributed by atoms with Crippen molar-refractivity contribution in [1.82, 2.24) is 10.2 Å². The third-order valence-electron chi connectivity index (χ3n) is 8.14. The van der Waals surface area contributed by atoms with Gasteiger partial charge in [-0.2, -0.15) is 0 Å². The fourth-order valence-electron chi connectivity index (χ4n) is 6.08. The standard InChI is InChI=1S/C30H40N4O2/c35-29(34-17-7-8-18-34)27-22-26(32-30(36)31-25-11-5-2-6-12-25)13-14-28(27)33-19-15-24(16-20-33)21-23-9-3-1-4-10-23/h1,3-4,9-10,13-14,22,24-25H,2,5-8,11-12,15-21H2,(H2,31,32,36). The second-order valence-corrected chi connectivity index (χ2v) is 10.8. The normalized spacial score (nSPS) is 19.3. The number of rotatable bonds is 6. The Hall–Kier alpha value is -3.02. The lowest BCUT2D eigenvalue weighted by molar-refractivity contribution is 0.0793. The zero-order valence-corrected chi connectivity index (χ0v) is 21.4. The number of nitrogens with one attached hydrogen (secondary N) is 2. The largest absolute Gasteiger partial charge is 0.371 e. The van der Waals surface area contributed by atoms with Crippen LogP contribution in [0.4, 0.5) is 16.2 Å². The summed E-state index contributed by atoms with van der Waals surface area (Å²) in [5, 5.41) is 6.12. The molecule has 2 heterocycles. The first-order valence-corrected chi connectivity index (χ1v) is 14.0. The molecule has 5 rings (SSSR count). The molecule has 2 saturated heterocycles. The number of piperidine rings is 1. The van der Waals surface area contributed by atoms with Gasteiger partial charge in [0.25, 0.3) is 5.91 Å². The maximum atomic E-state index is 13.5.